The van der Waals surface area contributed by atoms with E-state index in [0.717, 1.165) is 11.5 Å². The third-order valence-electron chi connectivity index (χ3n) is 4.65. The zero-order chi connectivity index (χ0) is 21.1. The molecule has 2 aromatic carbocycles. The van der Waals surface area contributed by atoms with Crippen LogP contribution in [0.25, 0.3) is 10.9 Å². The second kappa shape index (κ2) is 8.58. The van der Waals surface area contributed by atoms with Crippen LogP contribution >= 0.6 is 11.8 Å². The Morgan fingerprint density at radius 3 is 2.60 bits per heavy atom. The van der Waals surface area contributed by atoms with E-state index in [1.165, 1.54) is 11.8 Å². The van der Waals surface area contributed by atoms with Gasteiger partial charge in [0, 0.05) is 7.05 Å². The van der Waals surface area contributed by atoms with Crippen LogP contribution in [0, 0.1) is 0 Å². The molecule has 30 heavy (non-hydrogen) atoms. The van der Waals surface area contributed by atoms with Crippen molar-refractivity contribution >= 4 is 22.7 Å². The molecule has 4 aromatic rings. The van der Waals surface area contributed by atoms with Gasteiger partial charge in [0.25, 0.3) is 5.56 Å². The number of nitrogens with zero attached hydrogens (tertiary/aromatic N) is 4. The zero-order valence-electron chi connectivity index (χ0n) is 16.8. The highest BCUT2D eigenvalue weighted by molar-refractivity contribution is 7.99. The summed E-state index contributed by atoms with van der Waals surface area (Å²) in [4.78, 5) is 19.8. The van der Waals surface area contributed by atoms with E-state index < -0.39 is 0 Å². The lowest BCUT2D eigenvalue weighted by Gasteiger charge is -2.11. The first-order valence-corrected chi connectivity index (χ1v) is 10.2. The average Bonchev–Trinajstić information content (AvgIpc) is 3.11. The first kappa shape index (κ1) is 20.0. The molecular formula is C21H21N5O3S. The Hall–Kier alpha value is -3.33. The number of thioether (sulfide) groups is 1. The first-order valence-electron chi connectivity index (χ1n) is 9.36. The van der Waals surface area contributed by atoms with Gasteiger partial charge in [0.05, 0.1) is 23.3 Å². The molecule has 2 heterocycles. The predicted molar refractivity (Wildman–Crippen MR) is 115 cm³/mol. The van der Waals surface area contributed by atoms with Gasteiger partial charge in [-0.05, 0) is 43.3 Å². The molecule has 0 aliphatic rings. The van der Waals surface area contributed by atoms with Gasteiger partial charge >= 0.3 is 0 Å². The van der Waals surface area contributed by atoms with Gasteiger partial charge in [0.15, 0.2) is 11.0 Å². The molecule has 9 heteroatoms. The third kappa shape index (κ3) is 4.16. The van der Waals surface area contributed by atoms with Crippen LogP contribution in [0.5, 0.6) is 11.5 Å². The predicted octanol–water partition coefficient (Wildman–Crippen LogP) is 3.49. The van der Waals surface area contributed by atoms with E-state index in [0.29, 0.717) is 27.7 Å². The maximum atomic E-state index is 12.3. The van der Waals surface area contributed by atoms with Crippen molar-refractivity contribution in [3.63, 3.8) is 0 Å². The topological polar surface area (TPSA) is 94.9 Å². The van der Waals surface area contributed by atoms with Crippen LogP contribution in [0.1, 0.15) is 23.8 Å². The SMILES string of the molecule is COc1ccc(OCc2nnc(S[C@H](C)c3nc4ccccc4c(=O)[nH]3)n2C)cc1. The van der Waals surface area contributed by atoms with Crippen molar-refractivity contribution in [1.29, 1.82) is 0 Å². The monoisotopic (exact) mass is 423 g/mol. The summed E-state index contributed by atoms with van der Waals surface area (Å²) in [7, 11) is 3.51. The number of methoxy groups -OCH3 is 1. The fraction of sp³-hybridized carbons (Fsp3) is 0.238. The Balaban J connectivity index is 1.46. The number of rotatable bonds is 7. The van der Waals surface area contributed by atoms with Crippen molar-refractivity contribution in [3.8, 4) is 11.5 Å². The Morgan fingerprint density at radius 2 is 1.83 bits per heavy atom. The van der Waals surface area contributed by atoms with E-state index in [1.807, 2.05) is 61.0 Å². The van der Waals surface area contributed by atoms with E-state index in [9.17, 15) is 4.79 Å². The number of aromatic amines is 1. The molecule has 0 saturated heterocycles. The van der Waals surface area contributed by atoms with Crippen molar-refractivity contribution in [2.24, 2.45) is 7.05 Å². The first-order chi connectivity index (χ1) is 14.5. The number of H-pyrrole nitrogens is 1. The second-order valence-electron chi connectivity index (χ2n) is 6.65. The summed E-state index contributed by atoms with van der Waals surface area (Å²) in [5, 5.41) is 9.67. The number of aromatic nitrogens is 5. The minimum absolute atomic E-state index is 0.111. The standard InChI is InChI=1S/C21H21N5O3S/c1-13(19-22-17-7-5-4-6-16(17)20(27)23-19)30-21-25-24-18(26(21)2)12-29-15-10-8-14(28-3)9-11-15/h4-11,13H,12H2,1-3H3,(H,22,23,27)/t13-/m1/s1. The van der Waals surface area contributed by atoms with Gasteiger partial charge in [-0.15, -0.1) is 10.2 Å². The molecule has 0 saturated carbocycles. The Labute approximate surface area is 177 Å². The van der Waals surface area contributed by atoms with Crippen LogP contribution in [-0.4, -0.2) is 31.8 Å². The van der Waals surface area contributed by atoms with Crippen molar-refractivity contribution in [3.05, 3.63) is 70.5 Å². The summed E-state index contributed by atoms with van der Waals surface area (Å²) >= 11 is 1.47. The minimum atomic E-state index is -0.144. The van der Waals surface area contributed by atoms with E-state index in [-0.39, 0.29) is 17.4 Å². The van der Waals surface area contributed by atoms with Gasteiger partial charge in [-0.3, -0.25) is 4.79 Å². The maximum absolute atomic E-state index is 12.3. The molecule has 0 spiro atoms. The Bertz CT molecular complexity index is 1220. The van der Waals surface area contributed by atoms with Crippen molar-refractivity contribution in [1.82, 2.24) is 24.7 Å². The van der Waals surface area contributed by atoms with Gasteiger partial charge in [-0.2, -0.15) is 0 Å². The highest BCUT2D eigenvalue weighted by Gasteiger charge is 2.17. The van der Waals surface area contributed by atoms with Gasteiger partial charge in [-0.25, -0.2) is 4.98 Å². The summed E-state index contributed by atoms with van der Waals surface area (Å²) in [5.41, 5.74) is 0.532. The molecule has 4 rings (SSSR count). The van der Waals surface area contributed by atoms with Crippen LogP contribution in [0.15, 0.2) is 58.5 Å². The molecule has 0 radical (unpaired) electrons. The quantitative estimate of drug-likeness (QED) is 0.455. The molecule has 2 aromatic heterocycles. The number of para-hydroxylation sites is 1. The van der Waals surface area contributed by atoms with Crippen LogP contribution < -0.4 is 15.0 Å². The summed E-state index contributed by atoms with van der Waals surface area (Å²) in [6, 6.07) is 14.7. The minimum Gasteiger partial charge on any atom is -0.497 e. The second-order valence-corrected chi connectivity index (χ2v) is 7.96. The average molecular weight is 423 g/mol. The third-order valence-corrected chi connectivity index (χ3v) is 5.79. The Kier molecular flexibility index (Phi) is 5.71. The highest BCUT2D eigenvalue weighted by Crippen LogP contribution is 2.32. The smallest absolute Gasteiger partial charge is 0.258 e. The highest BCUT2D eigenvalue weighted by atomic mass is 32.2. The molecule has 1 N–H and O–H groups in total. The molecule has 1 atom stereocenters. The summed E-state index contributed by atoms with van der Waals surface area (Å²) in [5.74, 6) is 2.79. The number of fused-ring (bicyclic) bond motifs is 1. The van der Waals surface area contributed by atoms with E-state index >= 15 is 0 Å². The van der Waals surface area contributed by atoms with E-state index in [1.54, 1.807) is 13.2 Å². The lowest BCUT2D eigenvalue weighted by molar-refractivity contribution is 0.290. The van der Waals surface area contributed by atoms with Gasteiger partial charge in [0.1, 0.15) is 23.9 Å². The molecule has 154 valence electrons. The fourth-order valence-corrected chi connectivity index (χ4v) is 3.80. The fourth-order valence-electron chi connectivity index (χ4n) is 2.90. The molecular weight excluding hydrogens is 402 g/mol. The molecule has 0 unspecified atom stereocenters. The molecule has 0 fully saturated rings. The molecule has 0 aliphatic carbocycles. The number of ether oxygens (including phenoxy) is 2. The summed E-state index contributed by atoms with van der Waals surface area (Å²) in [6.45, 7) is 2.26. The van der Waals surface area contributed by atoms with Crippen LogP contribution in [0.2, 0.25) is 0 Å². The number of benzene rings is 2. The van der Waals surface area contributed by atoms with Gasteiger partial charge in [0.2, 0.25) is 0 Å². The molecule has 0 amide bonds. The van der Waals surface area contributed by atoms with E-state index in [4.69, 9.17) is 9.47 Å². The zero-order valence-corrected chi connectivity index (χ0v) is 17.6. The lowest BCUT2D eigenvalue weighted by atomic mass is 10.2. The summed E-state index contributed by atoms with van der Waals surface area (Å²) in [6.07, 6.45) is 0. The molecule has 0 bridgehead atoms. The summed E-state index contributed by atoms with van der Waals surface area (Å²) < 4.78 is 12.8. The van der Waals surface area contributed by atoms with Gasteiger partial charge in [-0.1, -0.05) is 23.9 Å². The lowest BCUT2D eigenvalue weighted by Crippen LogP contribution is -2.13. The number of hydrogen-bond donors (Lipinski definition) is 1. The molecule has 0 aliphatic heterocycles. The largest absolute Gasteiger partial charge is 0.497 e. The number of nitrogens with one attached hydrogen (secondary N) is 1. The Morgan fingerprint density at radius 1 is 1.10 bits per heavy atom. The van der Waals surface area contributed by atoms with Crippen molar-refractivity contribution in [2.75, 3.05) is 7.11 Å². The van der Waals surface area contributed by atoms with Crippen LogP contribution in [-0.2, 0) is 13.7 Å². The number of hydrogen-bond acceptors (Lipinski definition) is 7. The van der Waals surface area contributed by atoms with Crippen molar-refractivity contribution < 1.29 is 9.47 Å². The normalized spacial score (nSPS) is 12.1. The van der Waals surface area contributed by atoms with E-state index in [2.05, 4.69) is 20.2 Å². The van der Waals surface area contributed by atoms with Crippen LogP contribution in [0.4, 0.5) is 0 Å². The maximum Gasteiger partial charge on any atom is 0.258 e. The van der Waals surface area contributed by atoms with Crippen LogP contribution in [0.3, 0.4) is 0 Å². The van der Waals surface area contributed by atoms with Crippen molar-refractivity contribution in [2.45, 2.75) is 23.9 Å². The van der Waals surface area contributed by atoms with Gasteiger partial charge < -0.3 is 19.0 Å². The molecule has 8 nitrogen and oxygen atoms in total.